The molecular formula is C16H19F3N2O. The largest absolute Gasteiger partial charge is 0.416 e. The number of amides is 1. The van der Waals surface area contributed by atoms with Crippen molar-refractivity contribution in [2.75, 3.05) is 20.1 Å². The van der Waals surface area contributed by atoms with E-state index < -0.39 is 11.7 Å². The molecule has 0 aromatic heterocycles. The van der Waals surface area contributed by atoms with Gasteiger partial charge in [-0.1, -0.05) is 18.2 Å². The van der Waals surface area contributed by atoms with E-state index in [2.05, 4.69) is 5.32 Å². The van der Waals surface area contributed by atoms with Crippen LogP contribution in [0.2, 0.25) is 0 Å². The van der Waals surface area contributed by atoms with Crippen LogP contribution < -0.4 is 5.32 Å². The van der Waals surface area contributed by atoms with Crippen molar-refractivity contribution in [2.45, 2.75) is 31.0 Å². The standard InChI is InChI=1S/C16H19F3N2O/c1-21(10-6-7-20-9-10)15(22)13-8-12(13)11-4-2-3-5-14(11)16(17,18)19/h2-5,10,12-13,20H,6-9H2,1H3/t10-,12-,13+/m0/s1. The maximum Gasteiger partial charge on any atom is 0.416 e. The lowest BCUT2D eigenvalue weighted by Crippen LogP contribution is -2.39. The van der Waals surface area contributed by atoms with E-state index in [-0.39, 0.29) is 29.3 Å². The van der Waals surface area contributed by atoms with E-state index in [0.717, 1.165) is 25.6 Å². The summed E-state index contributed by atoms with van der Waals surface area (Å²) in [5.41, 5.74) is -0.355. The molecule has 1 heterocycles. The molecule has 1 saturated heterocycles. The quantitative estimate of drug-likeness (QED) is 0.930. The summed E-state index contributed by atoms with van der Waals surface area (Å²) in [6.45, 7) is 1.64. The highest BCUT2D eigenvalue weighted by molar-refractivity contribution is 5.83. The van der Waals surface area contributed by atoms with E-state index >= 15 is 0 Å². The third-order valence-corrected chi connectivity index (χ3v) is 4.70. The Morgan fingerprint density at radius 1 is 1.32 bits per heavy atom. The van der Waals surface area contributed by atoms with Gasteiger partial charge in [0.1, 0.15) is 0 Å². The van der Waals surface area contributed by atoms with Crippen molar-refractivity contribution in [1.29, 1.82) is 0 Å². The summed E-state index contributed by atoms with van der Waals surface area (Å²) in [6.07, 6.45) is -2.96. The van der Waals surface area contributed by atoms with Gasteiger partial charge in [-0.05, 0) is 36.9 Å². The molecule has 0 bridgehead atoms. The van der Waals surface area contributed by atoms with E-state index in [4.69, 9.17) is 0 Å². The molecule has 1 N–H and O–H groups in total. The molecule has 22 heavy (non-hydrogen) atoms. The van der Waals surface area contributed by atoms with Crippen molar-refractivity contribution in [3.05, 3.63) is 35.4 Å². The second kappa shape index (κ2) is 5.57. The number of halogens is 3. The van der Waals surface area contributed by atoms with Crippen LogP contribution >= 0.6 is 0 Å². The SMILES string of the molecule is CN(C(=O)[C@@H]1C[C@H]1c1ccccc1C(F)(F)F)[C@H]1CCNC1. The maximum atomic E-state index is 13.1. The zero-order valence-electron chi connectivity index (χ0n) is 12.4. The Labute approximate surface area is 127 Å². The number of nitrogens with one attached hydrogen (secondary N) is 1. The van der Waals surface area contributed by atoms with Gasteiger partial charge in [0.2, 0.25) is 5.91 Å². The van der Waals surface area contributed by atoms with E-state index in [1.54, 1.807) is 18.0 Å². The van der Waals surface area contributed by atoms with Gasteiger partial charge >= 0.3 is 6.18 Å². The Kier molecular flexibility index (Phi) is 3.89. The van der Waals surface area contributed by atoms with Gasteiger partial charge < -0.3 is 10.2 Å². The normalized spacial score (nSPS) is 27.7. The van der Waals surface area contributed by atoms with Crippen molar-refractivity contribution in [3.63, 3.8) is 0 Å². The van der Waals surface area contributed by atoms with Gasteiger partial charge in [-0.25, -0.2) is 0 Å². The first kappa shape index (κ1) is 15.3. The van der Waals surface area contributed by atoms with E-state index in [9.17, 15) is 18.0 Å². The molecule has 2 fully saturated rings. The van der Waals surface area contributed by atoms with E-state index in [1.165, 1.54) is 12.1 Å². The fourth-order valence-corrected chi connectivity index (χ4v) is 3.30. The number of benzene rings is 1. The summed E-state index contributed by atoms with van der Waals surface area (Å²) in [7, 11) is 1.76. The third kappa shape index (κ3) is 2.84. The average Bonchev–Trinajstić information content (AvgIpc) is 3.09. The summed E-state index contributed by atoms with van der Waals surface area (Å²) in [4.78, 5) is 14.2. The minimum atomic E-state index is -4.37. The smallest absolute Gasteiger partial charge is 0.341 e. The highest BCUT2D eigenvalue weighted by Crippen LogP contribution is 2.51. The van der Waals surface area contributed by atoms with Gasteiger partial charge in [-0.15, -0.1) is 0 Å². The molecular weight excluding hydrogens is 293 g/mol. The number of rotatable bonds is 3. The van der Waals surface area contributed by atoms with Gasteiger partial charge in [0, 0.05) is 25.6 Å². The Balaban J connectivity index is 1.73. The average molecular weight is 312 g/mol. The van der Waals surface area contributed by atoms with Crippen LogP contribution in [0.1, 0.15) is 29.9 Å². The van der Waals surface area contributed by atoms with E-state index in [1.807, 2.05) is 0 Å². The van der Waals surface area contributed by atoms with Gasteiger partial charge in [-0.3, -0.25) is 4.79 Å². The predicted octanol–water partition coefficient (Wildman–Crippen LogP) is 2.63. The Morgan fingerprint density at radius 3 is 2.68 bits per heavy atom. The van der Waals surface area contributed by atoms with Gasteiger partial charge in [0.05, 0.1) is 5.56 Å². The van der Waals surface area contributed by atoms with E-state index in [0.29, 0.717) is 6.42 Å². The molecule has 1 amide bonds. The van der Waals surface area contributed by atoms with Gasteiger partial charge in [0.25, 0.3) is 0 Å². The van der Waals surface area contributed by atoms with Crippen LogP contribution in [0.4, 0.5) is 13.2 Å². The Bertz CT molecular complexity index is 567. The monoisotopic (exact) mass is 312 g/mol. The lowest BCUT2D eigenvalue weighted by molar-refractivity contribution is -0.138. The Morgan fingerprint density at radius 2 is 2.05 bits per heavy atom. The van der Waals surface area contributed by atoms with Crippen molar-refractivity contribution in [3.8, 4) is 0 Å². The summed E-state index contributed by atoms with van der Waals surface area (Å²) in [5.74, 6) is -0.646. The predicted molar refractivity (Wildman–Crippen MR) is 76.3 cm³/mol. The molecule has 3 rings (SSSR count). The number of carbonyl (C=O) groups excluding carboxylic acids is 1. The fourth-order valence-electron chi connectivity index (χ4n) is 3.30. The summed E-state index contributed by atoms with van der Waals surface area (Å²) >= 11 is 0. The highest BCUT2D eigenvalue weighted by Gasteiger charge is 2.49. The van der Waals surface area contributed by atoms with Crippen LogP contribution in [0.15, 0.2) is 24.3 Å². The lowest BCUT2D eigenvalue weighted by atomic mass is 10.0. The minimum Gasteiger partial charge on any atom is -0.341 e. The number of alkyl halides is 3. The van der Waals surface area contributed by atoms with Crippen LogP contribution in [0.25, 0.3) is 0 Å². The zero-order valence-corrected chi connectivity index (χ0v) is 12.4. The molecule has 3 atom stereocenters. The number of nitrogens with zero attached hydrogens (tertiary/aromatic N) is 1. The molecule has 1 aromatic rings. The molecule has 120 valence electrons. The van der Waals surface area contributed by atoms with Crippen molar-refractivity contribution < 1.29 is 18.0 Å². The second-order valence-electron chi connectivity index (χ2n) is 6.13. The molecule has 1 aromatic carbocycles. The van der Waals surface area contributed by atoms with Crippen molar-refractivity contribution in [2.24, 2.45) is 5.92 Å². The zero-order chi connectivity index (χ0) is 15.9. The molecule has 1 aliphatic carbocycles. The van der Waals surface area contributed by atoms with Crippen LogP contribution in [-0.2, 0) is 11.0 Å². The number of carbonyl (C=O) groups is 1. The fraction of sp³-hybridized carbons (Fsp3) is 0.562. The summed E-state index contributed by atoms with van der Waals surface area (Å²) < 4.78 is 39.2. The molecule has 1 saturated carbocycles. The summed E-state index contributed by atoms with van der Waals surface area (Å²) in [6, 6.07) is 5.75. The van der Waals surface area contributed by atoms with Crippen molar-refractivity contribution >= 4 is 5.91 Å². The second-order valence-corrected chi connectivity index (χ2v) is 6.13. The minimum absolute atomic E-state index is 0.0318. The topological polar surface area (TPSA) is 32.3 Å². The highest BCUT2D eigenvalue weighted by atomic mass is 19.4. The van der Waals surface area contributed by atoms with Crippen LogP contribution in [0.5, 0.6) is 0 Å². The molecule has 1 aliphatic heterocycles. The van der Waals surface area contributed by atoms with Crippen LogP contribution in [-0.4, -0.2) is 37.0 Å². The number of hydrogen-bond donors (Lipinski definition) is 1. The number of hydrogen-bond acceptors (Lipinski definition) is 2. The van der Waals surface area contributed by atoms with Gasteiger partial charge in [0.15, 0.2) is 0 Å². The first-order valence-corrected chi connectivity index (χ1v) is 7.53. The first-order chi connectivity index (χ1) is 10.4. The number of likely N-dealkylation sites (N-methyl/N-ethyl adjacent to an activating group) is 1. The summed E-state index contributed by atoms with van der Waals surface area (Å²) in [5, 5.41) is 3.20. The third-order valence-electron chi connectivity index (χ3n) is 4.70. The molecule has 6 heteroatoms. The van der Waals surface area contributed by atoms with Crippen molar-refractivity contribution in [1.82, 2.24) is 10.2 Å². The lowest BCUT2D eigenvalue weighted by Gasteiger charge is -2.24. The van der Waals surface area contributed by atoms with Crippen LogP contribution in [0.3, 0.4) is 0 Å². The Hall–Kier alpha value is -1.56. The van der Waals surface area contributed by atoms with Crippen LogP contribution in [0, 0.1) is 5.92 Å². The molecule has 3 nitrogen and oxygen atoms in total. The van der Waals surface area contributed by atoms with Gasteiger partial charge in [-0.2, -0.15) is 13.2 Å². The first-order valence-electron chi connectivity index (χ1n) is 7.53. The molecule has 2 aliphatic rings. The molecule has 0 spiro atoms. The molecule has 0 radical (unpaired) electrons. The molecule has 0 unspecified atom stereocenters. The maximum absolute atomic E-state index is 13.1.